The second kappa shape index (κ2) is 7.31. The molecule has 8 heteroatoms. The molecule has 1 aliphatic heterocycles. The Labute approximate surface area is 147 Å². The van der Waals surface area contributed by atoms with Crippen LogP contribution in [0.5, 0.6) is 5.75 Å². The van der Waals surface area contributed by atoms with Crippen LogP contribution in [0.2, 0.25) is 5.02 Å². The Morgan fingerprint density at radius 3 is 2.92 bits per heavy atom. The zero-order chi connectivity index (χ0) is 17.8. The fraction of sp³-hybridized carbons (Fsp3) is 0.118. The van der Waals surface area contributed by atoms with Crippen molar-refractivity contribution in [3.05, 3.63) is 58.9 Å². The highest BCUT2D eigenvalue weighted by Crippen LogP contribution is 2.31. The standard InChI is InChI=1S/C17H13ClFN3O3/c18-12-4-3-5-13(19)11(12)8-20-21-16(23)9-22-14-6-1-2-7-15(14)25-10-17(22)24/h1-8H,9-10H2,(H,21,23)/b20-8-. The average Bonchev–Trinajstić information content (AvgIpc) is 2.60. The van der Waals surface area contributed by atoms with Crippen molar-refractivity contribution in [1.29, 1.82) is 0 Å². The molecule has 0 aliphatic carbocycles. The number of carbonyl (C=O) groups is 2. The molecule has 0 atom stereocenters. The third-order valence-corrected chi connectivity index (χ3v) is 3.82. The van der Waals surface area contributed by atoms with Crippen molar-refractivity contribution in [3.8, 4) is 5.75 Å². The highest BCUT2D eigenvalue weighted by atomic mass is 35.5. The molecule has 1 aliphatic rings. The molecule has 128 valence electrons. The van der Waals surface area contributed by atoms with E-state index in [4.69, 9.17) is 16.3 Å². The molecule has 2 amide bonds. The minimum atomic E-state index is -0.553. The van der Waals surface area contributed by atoms with Crippen molar-refractivity contribution in [3.63, 3.8) is 0 Å². The SMILES string of the molecule is O=C(CN1C(=O)COc2ccccc21)N/N=C\c1c(F)cccc1Cl. The van der Waals surface area contributed by atoms with Crippen LogP contribution >= 0.6 is 11.6 Å². The van der Waals surface area contributed by atoms with E-state index in [-0.39, 0.29) is 29.6 Å². The molecule has 6 nitrogen and oxygen atoms in total. The van der Waals surface area contributed by atoms with E-state index in [2.05, 4.69) is 10.5 Å². The molecule has 1 heterocycles. The van der Waals surface area contributed by atoms with Gasteiger partial charge in [0.05, 0.1) is 16.9 Å². The number of rotatable bonds is 4. The number of halogens is 2. The molecule has 0 saturated carbocycles. The van der Waals surface area contributed by atoms with Gasteiger partial charge in [0, 0.05) is 5.56 Å². The predicted molar refractivity (Wildman–Crippen MR) is 91.4 cm³/mol. The first-order chi connectivity index (χ1) is 12.1. The Bertz CT molecular complexity index is 837. The number of ether oxygens (including phenoxy) is 1. The zero-order valence-corrected chi connectivity index (χ0v) is 13.7. The van der Waals surface area contributed by atoms with E-state index < -0.39 is 11.7 Å². The quantitative estimate of drug-likeness (QED) is 0.671. The fourth-order valence-electron chi connectivity index (χ4n) is 2.31. The summed E-state index contributed by atoms with van der Waals surface area (Å²) >= 11 is 5.87. The average molecular weight is 362 g/mol. The molecule has 0 fully saturated rings. The van der Waals surface area contributed by atoms with Gasteiger partial charge in [-0.2, -0.15) is 5.10 Å². The van der Waals surface area contributed by atoms with Crippen LogP contribution in [0.15, 0.2) is 47.6 Å². The van der Waals surface area contributed by atoms with Gasteiger partial charge in [0.2, 0.25) is 0 Å². The number of hydrogen-bond acceptors (Lipinski definition) is 4. The van der Waals surface area contributed by atoms with Gasteiger partial charge in [-0.25, -0.2) is 9.82 Å². The minimum absolute atomic E-state index is 0.0669. The van der Waals surface area contributed by atoms with Crippen molar-refractivity contribution >= 4 is 35.3 Å². The number of hydrogen-bond donors (Lipinski definition) is 1. The largest absolute Gasteiger partial charge is 0.482 e. The molecule has 1 N–H and O–H groups in total. The first-order valence-corrected chi connectivity index (χ1v) is 7.72. The number of hydrazone groups is 1. The van der Waals surface area contributed by atoms with Gasteiger partial charge in [-0.3, -0.25) is 14.5 Å². The summed E-state index contributed by atoms with van der Waals surface area (Å²) in [5.41, 5.74) is 2.83. The van der Waals surface area contributed by atoms with E-state index in [1.165, 1.54) is 23.1 Å². The molecule has 2 aromatic carbocycles. The Morgan fingerprint density at radius 2 is 2.12 bits per heavy atom. The molecule has 0 spiro atoms. The molecule has 2 aromatic rings. The van der Waals surface area contributed by atoms with Crippen molar-refractivity contribution in [2.75, 3.05) is 18.1 Å². The highest BCUT2D eigenvalue weighted by molar-refractivity contribution is 6.33. The number of nitrogens with zero attached hydrogens (tertiary/aromatic N) is 2. The van der Waals surface area contributed by atoms with Crippen molar-refractivity contribution in [1.82, 2.24) is 5.43 Å². The van der Waals surface area contributed by atoms with Crippen molar-refractivity contribution < 1.29 is 18.7 Å². The lowest BCUT2D eigenvalue weighted by molar-refractivity contribution is -0.125. The summed E-state index contributed by atoms with van der Waals surface area (Å²) in [5.74, 6) is -0.900. The summed E-state index contributed by atoms with van der Waals surface area (Å²) in [6.45, 7) is -0.375. The highest BCUT2D eigenvalue weighted by Gasteiger charge is 2.26. The Balaban J connectivity index is 1.67. The van der Waals surface area contributed by atoms with Crippen LogP contribution in [-0.4, -0.2) is 31.2 Å². The maximum absolute atomic E-state index is 13.6. The lowest BCUT2D eigenvalue weighted by Crippen LogP contribution is -2.44. The van der Waals surface area contributed by atoms with Gasteiger partial charge in [0.15, 0.2) is 6.61 Å². The van der Waals surface area contributed by atoms with Gasteiger partial charge in [0.1, 0.15) is 18.1 Å². The van der Waals surface area contributed by atoms with Crippen LogP contribution in [0.3, 0.4) is 0 Å². The lowest BCUT2D eigenvalue weighted by atomic mass is 10.2. The first kappa shape index (κ1) is 16.9. The van der Waals surface area contributed by atoms with Crippen LogP contribution in [0.1, 0.15) is 5.56 Å². The van der Waals surface area contributed by atoms with Crippen molar-refractivity contribution in [2.24, 2.45) is 5.10 Å². The summed E-state index contributed by atoms with van der Waals surface area (Å²) in [5, 5.41) is 3.87. The van der Waals surface area contributed by atoms with Crippen LogP contribution < -0.4 is 15.1 Å². The third kappa shape index (κ3) is 3.77. The molecule has 25 heavy (non-hydrogen) atoms. The molecule has 0 aromatic heterocycles. The van der Waals surface area contributed by atoms with E-state index in [0.29, 0.717) is 11.4 Å². The van der Waals surface area contributed by atoms with Crippen LogP contribution in [0.4, 0.5) is 10.1 Å². The fourth-order valence-corrected chi connectivity index (χ4v) is 2.52. The van der Waals surface area contributed by atoms with E-state index in [1.54, 1.807) is 24.3 Å². The Kier molecular flexibility index (Phi) is 4.95. The van der Waals surface area contributed by atoms with Crippen LogP contribution in [0.25, 0.3) is 0 Å². The maximum Gasteiger partial charge on any atom is 0.265 e. The van der Waals surface area contributed by atoms with Gasteiger partial charge in [-0.1, -0.05) is 29.8 Å². The molecule has 0 saturated heterocycles. The normalized spacial score (nSPS) is 13.5. The second-order valence-corrected chi connectivity index (χ2v) is 5.57. The van der Waals surface area contributed by atoms with Gasteiger partial charge in [0.25, 0.3) is 11.8 Å². The minimum Gasteiger partial charge on any atom is -0.482 e. The zero-order valence-electron chi connectivity index (χ0n) is 12.9. The maximum atomic E-state index is 13.6. The monoisotopic (exact) mass is 361 g/mol. The smallest absolute Gasteiger partial charge is 0.265 e. The van der Waals surface area contributed by atoms with Gasteiger partial charge < -0.3 is 4.74 Å². The summed E-state index contributed by atoms with van der Waals surface area (Å²) < 4.78 is 18.9. The second-order valence-electron chi connectivity index (χ2n) is 5.16. The van der Waals surface area contributed by atoms with Gasteiger partial charge in [-0.15, -0.1) is 0 Å². The predicted octanol–water partition coefficient (Wildman–Crippen LogP) is 2.35. The first-order valence-electron chi connectivity index (χ1n) is 7.34. The molecular formula is C17H13ClFN3O3. The molecule has 0 bridgehead atoms. The summed E-state index contributed by atoms with van der Waals surface area (Å²) in [6.07, 6.45) is 1.12. The van der Waals surface area contributed by atoms with Gasteiger partial charge >= 0.3 is 0 Å². The molecular weight excluding hydrogens is 349 g/mol. The Morgan fingerprint density at radius 1 is 1.32 bits per heavy atom. The summed E-state index contributed by atoms with van der Waals surface area (Å²) in [6, 6.07) is 11.1. The van der Waals surface area contributed by atoms with E-state index in [1.807, 2.05) is 0 Å². The molecule has 0 unspecified atom stereocenters. The van der Waals surface area contributed by atoms with Gasteiger partial charge in [-0.05, 0) is 24.3 Å². The lowest BCUT2D eigenvalue weighted by Gasteiger charge is -2.28. The van der Waals surface area contributed by atoms with Crippen LogP contribution in [-0.2, 0) is 9.59 Å². The third-order valence-electron chi connectivity index (χ3n) is 3.49. The van der Waals surface area contributed by atoms with E-state index >= 15 is 0 Å². The molecule has 3 rings (SSSR count). The number of amides is 2. The Hall–Kier alpha value is -2.93. The number of nitrogens with one attached hydrogen (secondary N) is 1. The number of para-hydroxylation sites is 2. The number of fused-ring (bicyclic) bond motifs is 1. The number of benzene rings is 2. The summed E-state index contributed by atoms with van der Waals surface area (Å²) in [4.78, 5) is 25.3. The van der Waals surface area contributed by atoms with E-state index in [0.717, 1.165) is 6.21 Å². The molecule has 0 radical (unpaired) electrons. The van der Waals surface area contributed by atoms with Crippen LogP contribution in [0, 0.1) is 5.82 Å². The van der Waals surface area contributed by atoms with Crippen molar-refractivity contribution in [2.45, 2.75) is 0 Å². The van der Waals surface area contributed by atoms with E-state index in [9.17, 15) is 14.0 Å². The number of anilines is 1. The number of carbonyl (C=O) groups excluding carboxylic acids is 2. The topological polar surface area (TPSA) is 71.0 Å². The summed E-state index contributed by atoms with van der Waals surface area (Å²) in [7, 11) is 0.